The second-order valence-electron chi connectivity index (χ2n) is 3.35. The number of hydrogen-bond acceptors (Lipinski definition) is 3. The highest BCUT2D eigenvalue weighted by atomic mass is 16.5. The van der Waals surface area contributed by atoms with E-state index in [1.54, 1.807) is 0 Å². The molecule has 0 spiro atoms. The maximum Gasteiger partial charge on any atom is 0.198 e. The van der Waals surface area contributed by atoms with Gasteiger partial charge in [0.05, 0.1) is 6.61 Å². The summed E-state index contributed by atoms with van der Waals surface area (Å²) in [4.78, 5) is 11.5. The molecule has 0 saturated carbocycles. The minimum absolute atomic E-state index is 0.0288. The molecule has 0 amide bonds. The summed E-state index contributed by atoms with van der Waals surface area (Å²) in [6.07, 6.45) is 5.06. The lowest BCUT2D eigenvalue weighted by atomic mass is 10.1. The molecule has 1 atom stereocenters. The molecule has 1 aliphatic rings. The first-order valence-corrected chi connectivity index (χ1v) is 4.85. The fraction of sp³-hybridized carbons (Fsp3) is 0.700. The topological polar surface area (TPSA) is 52.3 Å². The van der Waals surface area contributed by atoms with Gasteiger partial charge in [0.25, 0.3) is 0 Å². The lowest BCUT2D eigenvalue weighted by Crippen LogP contribution is -2.24. The second-order valence-corrected chi connectivity index (χ2v) is 3.35. The Labute approximate surface area is 78.9 Å². The summed E-state index contributed by atoms with van der Waals surface area (Å²) in [5, 5.41) is 0. The van der Waals surface area contributed by atoms with Crippen LogP contribution in [0.25, 0.3) is 0 Å². The molecule has 0 aliphatic carbocycles. The Bertz CT molecular complexity index is 211. The van der Waals surface area contributed by atoms with Gasteiger partial charge in [-0.05, 0) is 25.3 Å². The first kappa shape index (κ1) is 10.3. The summed E-state index contributed by atoms with van der Waals surface area (Å²) in [6, 6.07) is -0.0288. The van der Waals surface area contributed by atoms with E-state index in [2.05, 4.69) is 0 Å². The minimum Gasteiger partial charge on any atom is -0.490 e. The van der Waals surface area contributed by atoms with Gasteiger partial charge in [-0.25, -0.2) is 0 Å². The smallest absolute Gasteiger partial charge is 0.198 e. The zero-order valence-electron chi connectivity index (χ0n) is 8.08. The Hall–Kier alpha value is -0.830. The average molecular weight is 183 g/mol. The fourth-order valence-corrected chi connectivity index (χ4v) is 1.23. The van der Waals surface area contributed by atoms with Crippen LogP contribution in [0.5, 0.6) is 0 Å². The molecule has 3 heteroatoms. The maximum absolute atomic E-state index is 11.5. The van der Waals surface area contributed by atoms with Gasteiger partial charge < -0.3 is 10.5 Å². The molecular formula is C10H17NO2. The van der Waals surface area contributed by atoms with Gasteiger partial charge in [-0.15, -0.1) is 0 Å². The molecule has 1 rings (SSSR count). The number of carbonyl (C=O) groups excluding carboxylic acids is 1. The molecule has 0 bridgehead atoms. The summed E-state index contributed by atoms with van der Waals surface area (Å²) in [5.74, 6) is 0.573. The Morgan fingerprint density at radius 1 is 1.77 bits per heavy atom. The van der Waals surface area contributed by atoms with Crippen molar-refractivity contribution in [3.05, 3.63) is 11.8 Å². The average Bonchev–Trinajstić information content (AvgIpc) is 2.19. The first-order valence-electron chi connectivity index (χ1n) is 4.85. The quantitative estimate of drug-likeness (QED) is 0.716. The molecule has 0 saturated heterocycles. The van der Waals surface area contributed by atoms with Crippen LogP contribution in [-0.2, 0) is 9.53 Å². The molecule has 2 N–H and O–H groups in total. The van der Waals surface area contributed by atoms with Gasteiger partial charge in [-0.1, -0.05) is 6.92 Å². The molecule has 3 nitrogen and oxygen atoms in total. The van der Waals surface area contributed by atoms with Crippen molar-refractivity contribution in [3.63, 3.8) is 0 Å². The maximum atomic E-state index is 11.5. The predicted molar refractivity (Wildman–Crippen MR) is 51.2 cm³/mol. The standard InChI is InChI=1S/C10H17NO2/c1-2-8(11)7-9(12)10-5-3-4-6-13-10/h5,8H,2-4,6-7,11H2,1H3. The molecular weight excluding hydrogens is 166 g/mol. The van der Waals surface area contributed by atoms with Gasteiger partial charge in [0.15, 0.2) is 11.5 Å². The van der Waals surface area contributed by atoms with Crippen LogP contribution in [0.3, 0.4) is 0 Å². The van der Waals surface area contributed by atoms with Gasteiger partial charge in [0, 0.05) is 12.5 Å². The van der Waals surface area contributed by atoms with Crippen molar-refractivity contribution in [2.75, 3.05) is 6.61 Å². The number of Topliss-reactive ketones (excluding diaryl/α,β-unsaturated/α-hetero) is 1. The van der Waals surface area contributed by atoms with Gasteiger partial charge in [0.1, 0.15) is 0 Å². The van der Waals surface area contributed by atoms with Crippen molar-refractivity contribution in [2.24, 2.45) is 5.73 Å². The molecule has 1 heterocycles. The summed E-state index contributed by atoms with van der Waals surface area (Å²) < 4.78 is 5.24. The number of nitrogens with two attached hydrogens (primary N) is 1. The van der Waals surface area contributed by atoms with Crippen molar-refractivity contribution in [1.82, 2.24) is 0 Å². The number of ether oxygens (including phenoxy) is 1. The first-order chi connectivity index (χ1) is 6.24. The predicted octanol–water partition coefficient (Wildman–Crippen LogP) is 1.38. The minimum atomic E-state index is -0.0288. The van der Waals surface area contributed by atoms with Crippen LogP contribution in [0.4, 0.5) is 0 Å². The summed E-state index contributed by atoms with van der Waals surface area (Å²) in [6.45, 7) is 2.65. The van der Waals surface area contributed by atoms with E-state index in [1.807, 2.05) is 13.0 Å². The van der Waals surface area contributed by atoms with Gasteiger partial charge in [0.2, 0.25) is 0 Å². The normalized spacial score (nSPS) is 18.8. The molecule has 13 heavy (non-hydrogen) atoms. The van der Waals surface area contributed by atoms with Crippen molar-refractivity contribution < 1.29 is 9.53 Å². The van der Waals surface area contributed by atoms with Gasteiger partial charge >= 0.3 is 0 Å². The lowest BCUT2D eigenvalue weighted by molar-refractivity contribution is -0.119. The monoisotopic (exact) mass is 183 g/mol. The summed E-state index contributed by atoms with van der Waals surface area (Å²) >= 11 is 0. The number of rotatable bonds is 4. The Morgan fingerprint density at radius 3 is 3.08 bits per heavy atom. The molecule has 1 unspecified atom stereocenters. The van der Waals surface area contributed by atoms with Crippen molar-refractivity contribution >= 4 is 5.78 Å². The third-order valence-corrected chi connectivity index (χ3v) is 2.18. The van der Waals surface area contributed by atoms with Crippen LogP contribution in [0.15, 0.2) is 11.8 Å². The Balaban J connectivity index is 2.42. The van der Waals surface area contributed by atoms with E-state index in [1.165, 1.54) is 0 Å². The lowest BCUT2D eigenvalue weighted by Gasteiger charge is -2.15. The SMILES string of the molecule is CCC(N)CC(=O)C1=CCCCO1. The number of carbonyl (C=O) groups is 1. The third-order valence-electron chi connectivity index (χ3n) is 2.18. The van der Waals surface area contributed by atoms with Crippen LogP contribution in [0.1, 0.15) is 32.6 Å². The zero-order valence-corrected chi connectivity index (χ0v) is 8.08. The van der Waals surface area contributed by atoms with Crippen molar-refractivity contribution in [2.45, 2.75) is 38.6 Å². The van der Waals surface area contributed by atoms with Crippen molar-refractivity contribution in [1.29, 1.82) is 0 Å². The van der Waals surface area contributed by atoms with Gasteiger partial charge in [-0.2, -0.15) is 0 Å². The molecule has 0 fully saturated rings. The van der Waals surface area contributed by atoms with E-state index in [0.717, 1.165) is 19.3 Å². The Kier molecular flexibility index (Phi) is 3.96. The van der Waals surface area contributed by atoms with Crippen LogP contribution < -0.4 is 5.73 Å². The van der Waals surface area contributed by atoms with Crippen molar-refractivity contribution in [3.8, 4) is 0 Å². The van der Waals surface area contributed by atoms with Gasteiger partial charge in [-0.3, -0.25) is 4.79 Å². The molecule has 0 aromatic heterocycles. The molecule has 1 aliphatic heterocycles. The fourth-order valence-electron chi connectivity index (χ4n) is 1.23. The molecule has 0 aromatic rings. The second kappa shape index (κ2) is 5.02. The van der Waals surface area contributed by atoms with Crippen LogP contribution in [-0.4, -0.2) is 18.4 Å². The zero-order chi connectivity index (χ0) is 9.68. The van der Waals surface area contributed by atoms with E-state index in [0.29, 0.717) is 18.8 Å². The van der Waals surface area contributed by atoms with Crippen LogP contribution in [0.2, 0.25) is 0 Å². The number of ketones is 1. The van der Waals surface area contributed by atoms with E-state index in [-0.39, 0.29) is 11.8 Å². The van der Waals surface area contributed by atoms with Crippen LogP contribution in [0, 0.1) is 0 Å². The molecule has 74 valence electrons. The number of allylic oxidation sites excluding steroid dienone is 2. The van der Waals surface area contributed by atoms with Crippen LogP contribution >= 0.6 is 0 Å². The molecule has 0 radical (unpaired) electrons. The third kappa shape index (κ3) is 3.19. The van der Waals surface area contributed by atoms with E-state index >= 15 is 0 Å². The van der Waals surface area contributed by atoms with E-state index in [4.69, 9.17) is 10.5 Å². The number of hydrogen-bond donors (Lipinski definition) is 1. The van der Waals surface area contributed by atoms with E-state index < -0.39 is 0 Å². The van der Waals surface area contributed by atoms with E-state index in [9.17, 15) is 4.79 Å². The highest BCUT2D eigenvalue weighted by Gasteiger charge is 2.15. The highest BCUT2D eigenvalue weighted by Crippen LogP contribution is 2.13. The Morgan fingerprint density at radius 2 is 2.54 bits per heavy atom. The summed E-state index contributed by atoms with van der Waals surface area (Å²) in [7, 11) is 0. The largest absolute Gasteiger partial charge is 0.490 e. The highest BCUT2D eigenvalue weighted by molar-refractivity contribution is 5.93. The molecule has 0 aromatic carbocycles. The summed E-state index contributed by atoms with van der Waals surface area (Å²) in [5.41, 5.74) is 5.68.